The van der Waals surface area contributed by atoms with E-state index in [1.807, 2.05) is 0 Å². The van der Waals surface area contributed by atoms with Crippen molar-refractivity contribution < 1.29 is 21.6 Å². The van der Waals surface area contributed by atoms with Crippen LogP contribution in [-0.2, 0) is 16.4 Å². The summed E-state index contributed by atoms with van der Waals surface area (Å²) in [7, 11) is -3.67. The molecule has 0 amide bonds. The van der Waals surface area contributed by atoms with Crippen LogP contribution in [0.4, 0.5) is 13.2 Å². The Hall–Kier alpha value is -1.12. The molecule has 0 radical (unpaired) electrons. The van der Waals surface area contributed by atoms with E-state index in [0.29, 0.717) is 12.5 Å². The second-order valence-corrected chi connectivity index (χ2v) is 7.60. The van der Waals surface area contributed by atoms with Crippen molar-refractivity contribution in [1.82, 2.24) is 10.0 Å². The van der Waals surface area contributed by atoms with Crippen molar-refractivity contribution in [2.75, 3.05) is 19.6 Å². The van der Waals surface area contributed by atoms with Gasteiger partial charge in [-0.1, -0.05) is 12.1 Å². The molecule has 1 heterocycles. The van der Waals surface area contributed by atoms with Crippen molar-refractivity contribution in [3.63, 3.8) is 0 Å². The molecule has 0 aromatic heterocycles. The zero-order valence-electron chi connectivity index (χ0n) is 12.7. The van der Waals surface area contributed by atoms with E-state index in [0.717, 1.165) is 32.4 Å². The quantitative estimate of drug-likeness (QED) is 0.829. The highest BCUT2D eigenvalue weighted by Crippen LogP contribution is 2.22. The lowest BCUT2D eigenvalue weighted by Gasteiger charge is -2.22. The molecule has 1 fully saturated rings. The van der Waals surface area contributed by atoms with Crippen molar-refractivity contribution in [3.8, 4) is 0 Å². The molecule has 1 saturated heterocycles. The van der Waals surface area contributed by atoms with Gasteiger partial charge in [0.2, 0.25) is 10.0 Å². The minimum atomic E-state index is -4.30. The predicted molar refractivity (Wildman–Crippen MR) is 81.6 cm³/mol. The predicted octanol–water partition coefficient (Wildman–Crippen LogP) is 2.46. The van der Waals surface area contributed by atoms with Crippen LogP contribution in [0.25, 0.3) is 0 Å². The molecular formula is C15H21F3N2O2S. The Morgan fingerprint density at radius 1 is 1.22 bits per heavy atom. The summed E-state index contributed by atoms with van der Waals surface area (Å²) >= 11 is 0. The largest absolute Gasteiger partial charge is 0.393 e. The van der Waals surface area contributed by atoms with Gasteiger partial charge in [0.15, 0.2) is 0 Å². The summed E-state index contributed by atoms with van der Waals surface area (Å²) in [6.07, 6.45) is -2.43. The van der Waals surface area contributed by atoms with Crippen LogP contribution in [0.5, 0.6) is 0 Å². The lowest BCUT2D eigenvalue weighted by atomic mass is 9.96. The van der Waals surface area contributed by atoms with Crippen molar-refractivity contribution in [2.24, 2.45) is 5.92 Å². The van der Waals surface area contributed by atoms with E-state index in [1.165, 1.54) is 24.3 Å². The van der Waals surface area contributed by atoms with Gasteiger partial charge in [0, 0.05) is 6.54 Å². The number of halogens is 3. The molecule has 4 nitrogen and oxygen atoms in total. The molecule has 2 rings (SSSR count). The summed E-state index contributed by atoms with van der Waals surface area (Å²) < 4.78 is 63.6. The molecule has 1 atom stereocenters. The third-order valence-corrected chi connectivity index (χ3v) is 5.36. The average Bonchev–Trinajstić information content (AvgIpc) is 2.47. The standard InChI is InChI=1S/C15H21F3N2O2S/c16-15(17,18)10-12-3-5-14(6-4-12)23(21,22)20-9-7-13-2-1-8-19-11-13/h3-6,13,19-20H,1-2,7-11H2. The summed E-state index contributed by atoms with van der Waals surface area (Å²) in [4.78, 5) is -0.00908. The molecule has 130 valence electrons. The summed E-state index contributed by atoms with van der Waals surface area (Å²) in [5.74, 6) is 0.459. The highest BCUT2D eigenvalue weighted by atomic mass is 32.2. The molecule has 1 aromatic carbocycles. The van der Waals surface area contributed by atoms with E-state index in [-0.39, 0.29) is 10.5 Å². The van der Waals surface area contributed by atoms with Crippen molar-refractivity contribution in [2.45, 2.75) is 36.8 Å². The Bertz CT molecular complexity index is 594. The maximum Gasteiger partial charge on any atom is 0.393 e. The number of piperidine rings is 1. The normalized spacial score (nSPS) is 19.7. The Labute approximate surface area is 134 Å². The molecular weight excluding hydrogens is 329 g/mol. The number of alkyl halides is 3. The fourth-order valence-corrected chi connectivity index (χ4v) is 3.72. The van der Waals surface area contributed by atoms with Crippen LogP contribution in [0.1, 0.15) is 24.8 Å². The van der Waals surface area contributed by atoms with Crippen LogP contribution in [-0.4, -0.2) is 34.2 Å². The monoisotopic (exact) mass is 350 g/mol. The third-order valence-electron chi connectivity index (χ3n) is 3.88. The number of nitrogens with one attached hydrogen (secondary N) is 2. The van der Waals surface area contributed by atoms with Gasteiger partial charge in [-0.2, -0.15) is 13.2 Å². The van der Waals surface area contributed by atoms with E-state index in [1.54, 1.807) is 0 Å². The van der Waals surface area contributed by atoms with Crippen molar-refractivity contribution in [3.05, 3.63) is 29.8 Å². The number of sulfonamides is 1. The number of hydrogen-bond donors (Lipinski definition) is 2. The first-order chi connectivity index (χ1) is 10.8. The molecule has 0 spiro atoms. The number of rotatable bonds is 6. The molecule has 0 saturated carbocycles. The Morgan fingerprint density at radius 2 is 1.91 bits per heavy atom. The summed E-state index contributed by atoms with van der Waals surface area (Å²) in [6, 6.07) is 4.83. The van der Waals surface area contributed by atoms with Gasteiger partial charge in [-0.15, -0.1) is 0 Å². The van der Waals surface area contributed by atoms with Crippen LogP contribution >= 0.6 is 0 Å². The molecule has 1 aliphatic heterocycles. The lowest BCUT2D eigenvalue weighted by Crippen LogP contribution is -2.33. The maximum absolute atomic E-state index is 12.3. The number of benzene rings is 1. The topological polar surface area (TPSA) is 58.2 Å². The molecule has 8 heteroatoms. The van der Waals surface area contributed by atoms with Gasteiger partial charge in [-0.05, 0) is 56.0 Å². The second kappa shape index (κ2) is 7.63. The molecule has 1 aromatic rings. The fourth-order valence-electron chi connectivity index (χ4n) is 2.67. The SMILES string of the molecule is O=S(=O)(NCCC1CCCNC1)c1ccc(CC(F)(F)F)cc1. The fraction of sp³-hybridized carbons (Fsp3) is 0.600. The zero-order valence-corrected chi connectivity index (χ0v) is 13.5. The van der Waals surface area contributed by atoms with Gasteiger partial charge in [0.25, 0.3) is 0 Å². The van der Waals surface area contributed by atoms with Crippen LogP contribution in [0.2, 0.25) is 0 Å². The van der Waals surface area contributed by atoms with Crippen LogP contribution in [0.15, 0.2) is 29.2 Å². The average molecular weight is 350 g/mol. The minimum Gasteiger partial charge on any atom is -0.316 e. The molecule has 0 bridgehead atoms. The Balaban J connectivity index is 1.88. The lowest BCUT2D eigenvalue weighted by molar-refractivity contribution is -0.127. The van der Waals surface area contributed by atoms with Crippen molar-refractivity contribution >= 4 is 10.0 Å². The van der Waals surface area contributed by atoms with Crippen LogP contribution in [0.3, 0.4) is 0 Å². The first kappa shape index (κ1) is 18.2. The highest BCUT2D eigenvalue weighted by Gasteiger charge is 2.27. The summed E-state index contributed by atoms with van der Waals surface area (Å²) in [5, 5.41) is 3.27. The van der Waals surface area contributed by atoms with Crippen LogP contribution in [0, 0.1) is 5.92 Å². The van der Waals surface area contributed by atoms with E-state index in [4.69, 9.17) is 0 Å². The summed E-state index contributed by atoms with van der Waals surface area (Å²) in [6.45, 7) is 2.24. The van der Waals surface area contributed by atoms with Gasteiger partial charge < -0.3 is 5.32 Å². The first-order valence-corrected chi connectivity index (χ1v) is 9.11. The van der Waals surface area contributed by atoms with Gasteiger partial charge in [-0.3, -0.25) is 0 Å². The van der Waals surface area contributed by atoms with E-state index in [2.05, 4.69) is 10.0 Å². The molecule has 2 N–H and O–H groups in total. The van der Waals surface area contributed by atoms with Crippen LogP contribution < -0.4 is 10.0 Å². The maximum atomic E-state index is 12.3. The minimum absolute atomic E-state index is 0.00908. The van der Waals surface area contributed by atoms with E-state index < -0.39 is 22.6 Å². The Kier molecular flexibility index (Phi) is 6.05. The number of hydrogen-bond acceptors (Lipinski definition) is 3. The van der Waals surface area contributed by atoms with Gasteiger partial charge in [0.05, 0.1) is 11.3 Å². The first-order valence-electron chi connectivity index (χ1n) is 7.62. The van der Waals surface area contributed by atoms with E-state index >= 15 is 0 Å². The third kappa shape index (κ3) is 6.12. The summed E-state index contributed by atoms with van der Waals surface area (Å²) in [5.41, 5.74) is 0.0460. The van der Waals surface area contributed by atoms with Gasteiger partial charge in [0.1, 0.15) is 0 Å². The molecule has 23 heavy (non-hydrogen) atoms. The van der Waals surface area contributed by atoms with Crippen molar-refractivity contribution in [1.29, 1.82) is 0 Å². The zero-order chi connectivity index (χ0) is 16.9. The smallest absolute Gasteiger partial charge is 0.316 e. The molecule has 0 aliphatic carbocycles. The van der Waals surface area contributed by atoms with Gasteiger partial charge in [-0.25, -0.2) is 13.1 Å². The highest BCUT2D eigenvalue weighted by molar-refractivity contribution is 7.89. The molecule has 1 unspecified atom stereocenters. The van der Waals surface area contributed by atoms with Gasteiger partial charge >= 0.3 is 6.18 Å². The molecule has 1 aliphatic rings. The van der Waals surface area contributed by atoms with E-state index in [9.17, 15) is 21.6 Å². The second-order valence-electron chi connectivity index (χ2n) is 5.83. The Morgan fingerprint density at radius 3 is 2.48 bits per heavy atom.